The number of aromatic nitrogens is 6. The number of nitrogens with one attached hydrogen (secondary N) is 2. The zero-order chi connectivity index (χ0) is 22.2. The van der Waals surface area contributed by atoms with Crippen LogP contribution in [-0.4, -0.2) is 67.2 Å². The maximum Gasteiger partial charge on any atom is 0.251 e. The fraction of sp³-hybridized carbons (Fsp3) is 0.364. The minimum Gasteiger partial charge on any atom is -0.382 e. The molecule has 1 fully saturated rings. The Labute approximate surface area is 183 Å². The number of aromatic amines is 1. The van der Waals surface area contributed by atoms with Gasteiger partial charge in [-0.25, -0.2) is 18.4 Å². The van der Waals surface area contributed by atoms with Gasteiger partial charge in [-0.3, -0.25) is 10.00 Å². The molecule has 1 saturated heterocycles. The number of nitrogens with zero attached hydrogens (tertiary/aromatic N) is 6. The summed E-state index contributed by atoms with van der Waals surface area (Å²) in [6.45, 7) is 5.08. The monoisotopic (exact) mass is 438 g/mol. The minimum absolute atomic E-state index is 0.0567. The van der Waals surface area contributed by atoms with E-state index in [1.165, 1.54) is 0 Å². The molecule has 0 unspecified atom stereocenters. The van der Waals surface area contributed by atoms with E-state index in [-0.39, 0.29) is 18.6 Å². The molecular formula is C22H24F2N8. The van der Waals surface area contributed by atoms with Crippen LogP contribution >= 0.6 is 0 Å². The first-order valence-electron chi connectivity index (χ1n) is 10.6. The molecule has 10 heteroatoms. The fourth-order valence-electron chi connectivity index (χ4n) is 4.00. The summed E-state index contributed by atoms with van der Waals surface area (Å²) < 4.78 is 26.8. The number of anilines is 1. The smallest absolute Gasteiger partial charge is 0.251 e. The molecule has 1 aliphatic heterocycles. The first kappa shape index (κ1) is 20.5. The van der Waals surface area contributed by atoms with E-state index >= 15 is 0 Å². The molecule has 1 aliphatic rings. The molecule has 0 amide bonds. The first-order chi connectivity index (χ1) is 15.5. The zero-order valence-corrected chi connectivity index (χ0v) is 17.8. The van der Waals surface area contributed by atoms with Crippen LogP contribution in [0.4, 0.5) is 14.5 Å². The molecule has 0 radical (unpaired) electrons. The number of pyridine rings is 1. The highest BCUT2D eigenvalue weighted by Gasteiger charge is 2.31. The number of benzene rings is 1. The predicted octanol–water partition coefficient (Wildman–Crippen LogP) is 3.83. The Bertz CT molecular complexity index is 1210. The van der Waals surface area contributed by atoms with Crippen LogP contribution in [0.3, 0.4) is 0 Å². The molecule has 0 atom stereocenters. The molecule has 5 rings (SSSR count). The lowest BCUT2D eigenvalue weighted by molar-refractivity contribution is 0.0254. The quantitative estimate of drug-likeness (QED) is 0.456. The van der Waals surface area contributed by atoms with Gasteiger partial charge in [0, 0.05) is 42.0 Å². The van der Waals surface area contributed by atoms with E-state index < -0.39 is 6.43 Å². The number of halogens is 2. The van der Waals surface area contributed by atoms with E-state index in [4.69, 9.17) is 4.98 Å². The Hall–Kier alpha value is -3.40. The number of likely N-dealkylation sites (tertiary alicyclic amines) is 1. The normalized spacial score (nSPS) is 15.1. The number of H-pyrrole nitrogens is 1. The molecular weight excluding hydrogens is 414 g/mol. The third-order valence-electron chi connectivity index (χ3n) is 5.57. The van der Waals surface area contributed by atoms with Crippen LogP contribution in [0.25, 0.3) is 33.4 Å². The van der Waals surface area contributed by atoms with E-state index in [0.717, 1.165) is 27.7 Å². The second-order valence-corrected chi connectivity index (χ2v) is 8.42. The van der Waals surface area contributed by atoms with Crippen LogP contribution in [0.1, 0.15) is 19.9 Å². The Morgan fingerprint density at radius 3 is 2.72 bits per heavy atom. The standard InChI is InChI=1S/C22H24F2N8/c1-13(2)27-19-6-20(21-11-32(30-29-21)16-9-31(10-16)12-22(23)24)28-18-4-3-14(5-17(18)19)15-7-25-26-8-15/h3-8,11,13,16,22H,9-10,12H2,1-2H3,(H,25,26)(H,27,28). The number of fused-ring (bicyclic) bond motifs is 1. The second kappa shape index (κ2) is 8.27. The van der Waals surface area contributed by atoms with Crippen molar-refractivity contribution in [2.24, 2.45) is 0 Å². The predicted molar refractivity (Wildman–Crippen MR) is 119 cm³/mol. The molecule has 0 aliphatic carbocycles. The van der Waals surface area contributed by atoms with Crippen LogP contribution in [0.5, 0.6) is 0 Å². The van der Waals surface area contributed by atoms with Gasteiger partial charge in [0.2, 0.25) is 0 Å². The molecule has 3 aromatic heterocycles. The van der Waals surface area contributed by atoms with Gasteiger partial charge < -0.3 is 5.32 Å². The number of hydrogen-bond donors (Lipinski definition) is 2. The van der Waals surface area contributed by atoms with Crippen LogP contribution in [0, 0.1) is 0 Å². The van der Waals surface area contributed by atoms with E-state index in [1.807, 2.05) is 30.6 Å². The van der Waals surface area contributed by atoms with Gasteiger partial charge in [0.1, 0.15) is 5.69 Å². The highest BCUT2D eigenvalue weighted by molar-refractivity contribution is 5.96. The van der Waals surface area contributed by atoms with Crippen molar-refractivity contribution in [3.8, 4) is 22.5 Å². The SMILES string of the molecule is CC(C)Nc1cc(-c2cn(C3CN(CC(F)F)C3)nn2)nc2ccc(-c3cn[nH]c3)cc12. The van der Waals surface area contributed by atoms with Gasteiger partial charge >= 0.3 is 0 Å². The summed E-state index contributed by atoms with van der Waals surface area (Å²) in [7, 11) is 0. The molecule has 0 spiro atoms. The zero-order valence-electron chi connectivity index (χ0n) is 17.8. The molecule has 4 heterocycles. The van der Waals surface area contributed by atoms with Gasteiger partial charge in [-0.1, -0.05) is 11.3 Å². The minimum atomic E-state index is -2.31. The molecule has 166 valence electrons. The van der Waals surface area contributed by atoms with Crippen molar-refractivity contribution in [1.82, 2.24) is 35.1 Å². The van der Waals surface area contributed by atoms with E-state index in [9.17, 15) is 8.78 Å². The lowest BCUT2D eigenvalue weighted by Crippen LogP contribution is -2.49. The number of alkyl halides is 2. The molecule has 8 nitrogen and oxygen atoms in total. The fourth-order valence-corrected chi connectivity index (χ4v) is 4.00. The van der Waals surface area contributed by atoms with Gasteiger partial charge in [0.05, 0.1) is 36.2 Å². The first-order valence-corrected chi connectivity index (χ1v) is 10.6. The number of rotatable bonds is 7. The maximum atomic E-state index is 12.5. The van der Waals surface area contributed by atoms with Crippen molar-refractivity contribution < 1.29 is 8.78 Å². The van der Waals surface area contributed by atoms with E-state index in [0.29, 0.717) is 24.5 Å². The van der Waals surface area contributed by atoms with Crippen molar-refractivity contribution >= 4 is 16.6 Å². The van der Waals surface area contributed by atoms with Crippen molar-refractivity contribution in [2.75, 3.05) is 25.0 Å². The van der Waals surface area contributed by atoms with Gasteiger partial charge in [-0.2, -0.15) is 5.10 Å². The summed E-state index contributed by atoms with van der Waals surface area (Å²) in [4.78, 5) is 6.53. The van der Waals surface area contributed by atoms with Crippen molar-refractivity contribution in [1.29, 1.82) is 0 Å². The lowest BCUT2D eigenvalue weighted by atomic mass is 10.0. The summed E-state index contributed by atoms with van der Waals surface area (Å²) >= 11 is 0. The average molecular weight is 438 g/mol. The molecule has 0 saturated carbocycles. The third-order valence-corrected chi connectivity index (χ3v) is 5.57. The molecule has 4 aromatic rings. The average Bonchev–Trinajstić information content (AvgIpc) is 3.42. The molecule has 32 heavy (non-hydrogen) atoms. The highest BCUT2D eigenvalue weighted by atomic mass is 19.3. The summed E-state index contributed by atoms with van der Waals surface area (Å²) in [6, 6.07) is 8.39. The summed E-state index contributed by atoms with van der Waals surface area (Å²) in [6.07, 6.45) is 3.18. The summed E-state index contributed by atoms with van der Waals surface area (Å²) in [5.41, 5.74) is 5.25. The van der Waals surface area contributed by atoms with E-state index in [2.05, 4.69) is 45.7 Å². The molecule has 2 N–H and O–H groups in total. The maximum absolute atomic E-state index is 12.5. The Morgan fingerprint density at radius 1 is 1.16 bits per heavy atom. The van der Waals surface area contributed by atoms with Crippen LogP contribution in [-0.2, 0) is 0 Å². The second-order valence-electron chi connectivity index (χ2n) is 8.42. The van der Waals surface area contributed by atoms with Gasteiger partial charge in [0.25, 0.3) is 6.43 Å². The van der Waals surface area contributed by atoms with Crippen LogP contribution < -0.4 is 5.32 Å². The Morgan fingerprint density at radius 2 is 2.00 bits per heavy atom. The van der Waals surface area contributed by atoms with Crippen molar-refractivity contribution in [3.63, 3.8) is 0 Å². The van der Waals surface area contributed by atoms with Crippen molar-refractivity contribution in [2.45, 2.75) is 32.4 Å². The van der Waals surface area contributed by atoms with Crippen LogP contribution in [0.15, 0.2) is 42.9 Å². The molecule has 0 bridgehead atoms. The van der Waals surface area contributed by atoms with Gasteiger partial charge in [-0.15, -0.1) is 5.10 Å². The summed E-state index contributed by atoms with van der Waals surface area (Å²) in [5.74, 6) is 0. The third kappa shape index (κ3) is 4.05. The van der Waals surface area contributed by atoms with Crippen LogP contribution in [0.2, 0.25) is 0 Å². The Balaban J connectivity index is 1.46. The largest absolute Gasteiger partial charge is 0.382 e. The topological polar surface area (TPSA) is 87.6 Å². The van der Waals surface area contributed by atoms with E-state index in [1.54, 1.807) is 15.8 Å². The highest BCUT2D eigenvalue weighted by Crippen LogP contribution is 2.32. The number of hydrogen-bond acceptors (Lipinski definition) is 6. The van der Waals surface area contributed by atoms with Gasteiger partial charge in [-0.05, 0) is 37.6 Å². The van der Waals surface area contributed by atoms with Crippen molar-refractivity contribution in [3.05, 3.63) is 42.9 Å². The molecule has 1 aromatic carbocycles. The Kier molecular flexibility index (Phi) is 5.30. The lowest BCUT2D eigenvalue weighted by Gasteiger charge is -2.38. The van der Waals surface area contributed by atoms with Gasteiger partial charge in [0.15, 0.2) is 0 Å². The summed E-state index contributed by atoms with van der Waals surface area (Å²) in [5, 5.41) is 19.9.